The molecule has 0 atom stereocenters. The van der Waals surface area contributed by atoms with Gasteiger partial charge >= 0.3 is 0 Å². The second kappa shape index (κ2) is 3.89. The molecule has 1 aliphatic carbocycles. The number of hydrogen-bond acceptors (Lipinski definition) is 2. The van der Waals surface area contributed by atoms with Gasteiger partial charge in [-0.05, 0) is 37.5 Å². The zero-order valence-electron chi connectivity index (χ0n) is 9.98. The SMILES string of the molecule is CCCc1nc2cc(C#N)ccc2n1C1CC1. The largest absolute Gasteiger partial charge is 0.325 e. The van der Waals surface area contributed by atoms with E-state index in [0.29, 0.717) is 11.6 Å². The molecule has 1 aromatic carbocycles. The average Bonchev–Trinajstić information content (AvgIpc) is 3.11. The van der Waals surface area contributed by atoms with Gasteiger partial charge in [-0.1, -0.05) is 6.92 Å². The second-order valence-corrected chi connectivity index (χ2v) is 4.69. The normalized spacial score (nSPS) is 15.1. The van der Waals surface area contributed by atoms with Crippen molar-refractivity contribution < 1.29 is 0 Å². The molecular formula is C14H15N3. The molecule has 0 unspecified atom stereocenters. The molecule has 0 saturated heterocycles. The van der Waals surface area contributed by atoms with Gasteiger partial charge in [0.25, 0.3) is 0 Å². The third-order valence-electron chi connectivity index (χ3n) is 3.28. The van der Waals surface area contributed by atoms with Gasteiger partial charge in [-0.25, -0.2) is 4.98 Å². The van der Waals surface area contributed by atoms with E-state index in [0.717, 1.165) is 18.4 Å². The van der Waals surface area contributed by atoms with Crippen molar-refractivity contribution in [1.82, 2.24) is 9.55 Å². The Morgan fingerprint density at radius 1 is 1.47 bits per heavy atom. The first-order chi connectivity index (χ1) is 8.33. The Labute approximate surface area is 101 Å². The van der Waals surface area contributed by atoms with Crippen molar-refractivity contribution in [2.75, 3.05) is 0 Å². The Kier molecular flexibility index (Phi) is 2.36. The summed E-state index contributed by atoms with van der Waals surface area (Å²) in [6.45, 7) is 2.18. The molecule has 3 rings (SSSR count). The van der Waals surface area contributed by atoms with E-state index in [2.05, 4.69) is 22.5 Å². The maximum absolute atomic E-state index is 8.91. The fraction of sp³-hybridized carbons (Fsp3) is 0.429. The number of nitrogens with zero attached hydrogens (tertiary/aromatic N) is 3. The Balaban J connectivity index is 2.19. The number of aromatic nitrogens is 2. The van der Waals surface area contributed by atoms with E-state index < -0.39 is 0 Å². The van der Waals surface area contributed by atoms with Gasteiger partial charge in [-0.15, -0.1) is 0 Å². The summed E-state index contributed by atoms with van der Waals surface area (Å²) >= 11 is 0. The molecule has 1 aliphatic rings. The summed E-state index contributed by atoms with van der Waals surface area (Å²) in [7, 11) is 0. The minimum atomic E-state index is 0.648. The van der Waals surface area contributed by atoms with Crippen molar-refractivity contribution in [3.63, 3.8) is 0 Å². The lowest BCUT2D eigenvalue weighted by Crippen LogP contribution is -2.00. The first-order valence-corrected chi connectivity index (χ1v) is 6.24. The predicted molar refractivity (Wildman–Crippen MR) is 66.7 cm³/mol. The smallest absolute Gasteiger partial charge is 0.110 e. The standard InChI is InChI=1S/C14H15N3/c1-2-3-14-16-12-8-10(9-15)4-7-13(12)17(14)11-5-6-11/h4,7-8,11H,2-3,5-6H2,1H3. The zero-order valence-corrected chi connectivity index (χ0v) is 9.98. The third kappa shape index (κ3) is 1.70. The van der Waals surface area contributed by atoms with E-state index in [9.17, 15) is 0 Å². The highest BCUT2D eigenvalue weighted by atomic mass is 15.1. The highest BCUT2D eigenvalue weighted by molar-refractivity contribution is 5.78. The van der Waals surface area contributed by atoms with Crippen LogP contribution in [-0.2, 0) is 6.42 Å². The van der Waals surface area contributed by atoms with Gasteiger partial charge in [-0.2, -0.15) is 5.26 Å². The highest BCUT2D eigenvalue weighted by Crippen LogP contribution is 2.39. The summed E-state index contributed by atoms with van der Waals surface area (Å²) in [4.78, 5) is 4.68. The molecule has 0 bridgehead atoms. The van der Waals surface area contributed by atoms with Crippen LogP contribution >= 0.6 is 0 Å². The summed E-state index contributed by atoms with van der Waals surface area (Å²) in [5, 5.41) is 8.91. The van der Waals surface area contributed by atoms with Crippen LogP contribution in [0.1, 0.15) is 43.6 Å². The van der Waals surface area contributed by atoms with Crippen LogP contribution < -0.4 is 0 Å². The maximum atomic E-state index is 8.91. The van der Waals surface area contributed by atoms with Crippen molar-refractivity contribution in [2.24, 2.45) is 0 Å². The van der Waals surface area contributed by atoms with Gasteiger partial charge in [0, 0.05) is 12.5 Å². The molecule has 0 radical (unpaired) electrons. The molecule has 1 fully saturated rings. The fourth-order valence-corrected chi connectivity index (χ4v) is 2.36. The summed E-state index contributed by atoms with van der Waals surface area (Å²) in [6.07, 6.45) is 4.67. The van der Waals surface area contributed by atoms with Crippen molar-refractivity contribution in [3.8, 4) is 6.07 Å². The van der Waals surface area contributed by atoms with Crippen molar-refractivity contribution in [1.29, 1.82) is 5.26 Å². The number of benzene rings is 1. The second-order valence-electron chi connectivity index (χ2n) is 4.69. The molecule has 0 spiro atoms. The van der Waals surface area contributed by atoms with Crippen LogP contribution in [0.5, 0.6) is 0 Å². The van der Waals surface area contributed by atoms with Crippen molar-refractivity contribution in [2.45, 2.75) is 38.6 Å². The van der Waals surface area contributed by atoms with Gasteiger partial charge in [0.1, 0.15) is 5.82 Å². The lowest BCUT2D eigenvalue weighted by Gasteiger charge is -2.06. The minimum Gasteiger partial charge on any atom is -0.325 e. The summed E-state index contributed by atoms with van der Waals surface area (Å²) in [5.74, 6) is 1.18. The van der Waals surface area contributed by atoms with E-state index in [1.165, 1.54) is 24.2 Å². The van der Waals surface area contributed by atoms with Crippen molar-refractivity contribution in [3.05, 3.63) is 29.6 Å². The third-order valence-corrected chi connectivity index (χ3v) is 3.28. The Morgan fingerprint density at radius 3 is 2.94 bits per heavy atom. The van der Waals surface area contributed by atoms with E-state index in [-0.39, 0.29) is 0 Å². The van der Waals surface area contributed by atoms with Crippen LogP contribution in [0.4, 0.5) is 0 Å². The number of fused-ring (bicyclic) bond motifs is 1. The van der Waals surface area contributed by atoms with Gasteiger partial charge in [0.05, 0.1) is 22.7 Å². The lowest BCUT2D eigenvalue weighted by molar-refractivity contribution is 0.686. The molecule has 3 nitrogen and oxygen atoms in total. The first kappa shape index (κ1) is 10.3. The lowest BCUT2D eigenvalue weighted by atomic mass is 10.2. The zero-order chi connectivity index (χ0) is 11.8. The van der Waals surface area contributed by atoms with E-state index >= 15 is 0 Å². The molecule has 0 N–H and O–H groups in total. The van der Waals surface area contributed by atoms with Crippen LogP contribution in [0.15, 0.2) is 18.2 Å². The number of aryl methyl sites for hydroxylation is 1. The van der Waals surface area contributed by atoms with Crippen LogP contribution in [0.2, 0.25) is 0 Å². The number of hydrogen-bond donors (Lipinski definition) is 0. The van der Waals surface area contributed by atoms with E-state index in [4.69, 9.17) is 5.26 Å². The molecule has 1 saturated carbocycles. The monoisotopic (exact) mass is 225 g/mol. The molecule has 86 valence electrons. The molecule has 0 amide bonds. The molecular weight excluding hydrogens is 210 g/mol. The van der Waals surface area contributed by atoms with Gasteiger partial charge in [-0.3, -0.25) is 0 Å². The molecule has 3 heteroatoms. The Morgan fingerprint density at radius 2 is 2.29 bits per heavy atom. The quantitative estimate of drug-likeness (QED) is 0.805. The van der Waals surface area contributed by atoms with Crippen LogP contribution in [-0.4, -0.2) is 9.55 Å². The van der Waals surface area contributed by atoms with Crippen LogP contribution in [0.25, 0.3) is 11.0 Å². The summed E-state index contributed by atoms with van der Waals surface area (Å²) < 4.78 is 2.37. The fourth-order valence-electron chi connectivity index (χ4n) is 2.36. The van der Waals surface area contributed by atoms with Crippen LogP contribution in [0, 0.1) is 11.3 Å². The molecule has 1 aromatic heterocycles. The number of nitriles is 1. The van der Waals surface area contributed by atoms with E-state index in [1.807, 2.05) is 18.2 Å². The van der Waals surface area contributed by atoms with Gasteiger partial charge < -0.3 is 4.57 Å². The summed E-state index contributed by atoms with van der Waals surface area (Å²) in [5.41, 5.74) is 2.86. The molecule has 0 aliphatic heterocycles. The molecule has 17 heavy (non-hydrogen) atoms. The van der Waals surface area contributed by atoms with E-state index in [1.54, 1.807) is 0 Å². The Hall–Kier alpha value is -1.82. The van der Waals surface area contributed by atoms with Crippen molar-refractivity contribution >= 4 is 11.0 Å². The van der Waals surface area contributed by atoms with Gasteiger partial charge in [0.2, 0.25) is 0 Å². The van der Waals surface area contributed by atoms with Crippen LogP contribution in [0.3, 0.4) is 0 Å². The predicted octanol–water partition coefficient (Wildman–Crippen LogP) is 3.20. The average molecular weight is 225 g/mol. The topological polar surface area (TPSA) is 41.6 Å². The maximum Gasteiger partial charge on any atom is 0.110 e. The molecule has 1 heterocycles. The minimum absolute atomic E-state index is 0.648. The number of imidazole rings is 1. The Bertz CT molecular complexity index is 600. The number of rotatable bonds is 3. The highest BCUT2D eigenvalue weighted by Gasteiger charge is 2.27. The van der Waals surface area contributed by atoms with Gasteiger partial charge in [0.15, 0.2) is 0 Å². The molecule has 2 aromatic rings. The summed E-state index contributed by atoms with van der Waals surface area (Å²) in [6, 6.07) is 8.65. The first-order valence-electron chi connectivity index (χ1n) is 6.24.